The molecule has 7 heteroatoms. The van der Waals surface area contributed by atoms with Crippen LogP contribution in [-0.4, -0.2) is 58.1 Å². The van der Waals surface area contributed by atoms with Crippen molar-refractivity contribution in [3.8, 4) is 0 Å². The number of nitrogen functional groups attached to an aromatic ring is 1. The molecule has 1 aromatic heterocycles. The van der Waals surface area contributed by atoms with Gasteiger partial charge >= 0.3 is 0 Å². The highest BCUT2D eigenvalue weighted by molar-refractivity contribution is 7.16. The second-order valence-electron chi connectivity index (χ2n) is 4.53. The van der Waals surface area contributed by atoms with Gasteiger partial charge in [-0.1, -0.05) is 11.3 Å². The van der Waals surface area contributed by atoms with Crippen LogP contribution in [0.4, 0.5) is 5.13 Å². The number of anilines is 1. The lowest BCUT2D eigenvalue weighted by molar-refractivity contribution is 0.0570. The number of piperazine rings is 1. The molecule has 0 bridgehead atoms. The topological polar surface area (TPSA) is 75.3 Å². The van der Waals surface area contributed by atoms with Crippen molar-refractivity contribution >= 4 is 22.4 Å². The van der Waals surface area contributed by atoms with Crippen LogP contribution in [0.1, 0.15) is 22.6 Å². The number of carbonyl (C=O) groups is 1. The summed E-state index contributed by atoms with van der Waals surface area (Å²) in [6.07, 6.45) is 2.44. The first-order valence-corrected chi connectivity index (χ1v) is 6.68. The van der Waals surface area contributed by atoms with E-state index in [-0.39, 0.29) is 5.91 Å². The number of rotatable bonds is 1. The van der Waals surface area contributed by atoms with Crippen LogP contribution >= 0.6 is 11.3 Å². The van der Waals surface area contributed by atoms with E-state index < -0.39 is 0 Å². The number of amides is 1. The Kier molecular flexibility index (Phi) is 2.71. The van der Waals surface area contributed by atoms with E-state index in [4.69, 9.17) is 5.73 Å². The third kappa shape index (κ3) is 2.00. The van der Waals surface area contributed by atoms with Crippen LogP contribution in [0.2, 0.25) is 0 Å². The first kappa shape index (κ1) is 10.9. The molecule has 2 saturated heterocycles. The maximum Gasteiger partial charge on any atom is 0.285 e. The standard InChI is InChI=1S/C10H15N5OS/c11-10-13-12-8(17-10)9(16)15-5-4-14-3-1-2-7(14)6-15/h7H,1-6H2,(H2,11,13). The Morgan fingerprint density at radius 1 is 1.35 bits per heavy atom. The molecule has 2 aliphatic rings. The van der Waals surface area contributed by atoms with Crippen LogP contribution in [0.3, 0.4) is 0 Å². The number of hydrogen-bond acceptors (Lipinski definition) is 6. The van der Waals surface area contributed by atoms with Crippen molar-refractivity contribution in [2.24, 2.45) is 0 Å². The predicted octanol–water partition coefficient (Wildman–Crippen LogP) is 0.0405. The van der Waals surface area contributed by atoms with Gasteiger partial charge in [-0.05, 0) is 19.4 Å². The first-order valence-electron chi connectivity index (χ1n) is 5.86. The Bertz CT molecular complexity index is 434. The average molecular weight is 253 g/mol. The monoisotopic (exact) mass is 253 g/mol. The predicted molar refractivity (Wildman–Crippen MR) is 64.8 cm³/mol. The highest BCUT2D eigenvalue weighted by atomic mass is 32.1. The van der Waals surface area contributed by atoms with Crippen LogP contribution < -0.4 is 5.73 Å². The summed E-state index contributed by atoms with van der Waals surface area (Å²) < 4.78 is 0. The van der Waals surface area contributed by atoms with Crippen LogP contribution in [0.25, 0.3) is 0 Å². The number of aromatic nitrogens is 2. The van der Waals surface area contributed by atoms with E-state index in [1.54, 1.807) is 0 Å². The molecule has 2 aliphatic heterocycles. The molecule has 92 valence electrons. The summed E-state index contributed by atoms with van der Waals surface area (Å²) in [5.74, 6) is -0.0225. The Hall–Kier alpha value is -1.21. The van der Waals surface area contributed by atoms with Gasteiger partial charge in [0.15, 0.2) is 0 Å². The fourth-order valence-corrected chi connectivity index (χ4v) is 3.21. The van der Waals surface area contributed by atoms with Gasteiger partial charge in [0.25, 0.3) is 5.91 Å². The summed E-state index contributed by atoms with van der Waals surface area (Å²) >= 11 is 1.17. The number of carbonyl (C=O) groups excluding carboxylic acids is 1. The van der Waals surface area contributed by atoms with Gasteiger partial charge in [-0.15, -0.1) is 10.2 Å². The Morgan fingerprint density at radius 3 is 3.00 bits per heavy atom. The van der Waals surface area contributed by atoms with Gasteiger partial charge in [0.2, 0.25) is 10.1 Å². The molecule has 0 aliphatic carbocycles. The highest BCUT2D eigenvalue weighted by Gasteiger charge is 2.33. The van der Waals surface area contributed by atoms with E-state index in [1.165, 1.54) is 30.7 Å². The molecule has 1 atom stereocenters. The Labute approximate surface area is 103 Å². The summed E-state index contributed by atoms with van der Waals surface area (Å²) in [5, 5.41) is 8.27. The van der Waals surface area contributed by atoms with Crippen LogP contribution in [0, 0.1) is 0 Å². The quantitative estimate of drug-likeness (QED) is 0.765. The Morgan fingerprint density at radius 2 is 2.24 bits per heavy atom. The maximum absolute atomic E-state index is 12.2. The minimum absolute atomic E-state index is 0.0225. The van der Waals surface area contributed by atoms with Crippen LogP contribution in [0.15, 0.2) is 0 Å². The second kappa shape index (κ2) is 4.23. The maximum atomic E-state index is 12.2. The van der Waals surface area contributed by atoms with Gasteiger partial charge in [-0.2, -0.15) is 0 Å². The SMILES string of the molecule is Nc1nnc(C(=O)N2CCN3CCCC3C2)s1. The Balaban J connectivity index is 1.70. The van der Waals surface area contributed by atoms with Gasteiger partial charge in [-0.3, -0.25) is 9.69 Å². The smallest absolute Gasteiger partial charge is 0.285 e. The van der Waals surface area contributed by atoms with Crippen molar-refractivity contribution in [2.45, 2.75) is 18.9 Å². The lowest BCUT2D eigenvalue weighted by Gasteiger charge is -2.36. The minimum Gasteiger partial charge on any atom is -0.374 e. The highest BCUT2D eigenvalue weighted by Crippen LogP contribution is 2.23. The molecule has 2 N–H and O–H groups in total. The molecule has 0 aromatic carbocycles. The van der Waals surface area contributed by atoms with E-state index in [0.717, 1.165) is 19.6 Å². The van der Waals surface area contributed by atoms with E-state index in [9.17, 15) is 4.79 Å². The van der Waals surface area contributed by atoms with Crippen molar-refractivity contribution < 1.29 is 4.79 Å². The lowest BCUT2D eigenvalue weighted by atomic mass is 10.1. The summed E-state index contributed by atoms with van der Waals surface area (Å²) in [6, 6.07) is 0.540. The van der Waals surface area contributed by atoms with Gasteiger partial charge in [-0.25, -0.2) is 0 Å². The van der Waals surface area contributed by atoms with Crippen LogP contribution in [-0.2, 0) is 0 Å². The molecule has 1 amide bonds. The minimum atomic E-state index is -0.0225. The van der Waals surface area contributed by atoms with Crippen molar-refractivity contribution in [1.29, 1.82) is 0 Å². The van der Waals surface area contributed by atoms with Crippen molar-refractivity contribution in [3.05, 3.63) is 5.01 Å². The van der Waals surface area contributed by atoms with Gasteiger partial charge in [0.1, 0.15) is 0 Å². The zero-order valence-electron chi connectivity index (χ0n) is 9.50. The normalized spacial score (nSPS) is 24.9. The number of fused-ring (bicyclic) bond motifs is 1. The number of nitrogens with zero attached hydrogens (tertiary/aromatic N) is 4. The van der Waals surface area contributed by atoms with Crippen molar-refractivity contribution in [1.82, 2.24) is 20.0 Å². The second-order valence-corrected chi connectivity index (χ2v) is 5.54. The van der Waals surface area contributed by atoms with Gasteiger partial charge in [0, 0.05) is 25.7 Å². The van der Waals surface area contributed by atoms with E-state index in [1.807, 2.05) is 4.90 Å². The molecule has 0 radical (unpaired) electrons. The molecular formula is C10H15N5OS. The van der Waals surface area contributed by atoms with Gasteiger partial charge in [0.05, 0.1) is 0 Å². The molecule has 1 unspecified atom stereocenters. The van der Waals surface area contributed by atoms with Crippen molar-refractivity contribution in [2.75, 3.05) is 31.9 Å². The third-order valence-corrected chi connectivity index (χ3v) is 4.24. The molecule has 0 saturated carbocycles. The zero-order valence-corrected chi connectivity index (χ0v) is 10.3. The third-order valence-electron chi connectivity index (χ3n) is 3.50. The molecule has 2 fully saturated rings. The molecule has 3 rings (SSSR count). The molecule has 3 heterocycles. The summed E-state index contributed by atoms with van der Waals surface area (Å²) in [6.45, 7) is 3.76. The average Bonchev–Trinajstić information content (AvgIpc) is 2.95. The first-order chi connectivity index (χ1) is 8.24. The number of nitrogens with two attached hydrogens (primary N) is 1. The van der Waals surface area contributed by atoms with E-state index >= 15 is 0 Å². The molecule has 6 nitrogen and oxygen atoms in total. The molecule has 0 spiro atoms. The number of hydrogen-bond donors (Lipinski definition) is 1. The van der Waals surface area contributed by atoms with Gasteiger partial charge < -0.3 is 10.6 Å². The largest absolute Gasteiger partial charge is 0.374 e. The molecular weight excluding hydrogens is 238 g/mol. The molecule has 1 aromatic rings. The van der Waals surface area contributed by atoms with Crippen LogP contribution in [0.5, 0.6) is 0 Å². The van der Waals surface area contributed by atoms with Crippen molar-refractivity contribution in [3.63, 3.8) is 0 Å². The molecule has 17 heavy (non-hydrogen) atoms. The zero-order chi connectivity index (χ0) is 11.8. The summed E-state index contributed by atoms with van der Waals surface area (Å²) in [5.41, 5.74) is 5.50. The van der Waals surface area contributed by atoms with E-state index in [2.05, 4.69) is 15.1 Å². The fraction of sp³-hybridized carbons (Fsp3) is 0.700. The summed E-state index contributed by atoms with van der Waals surface area (Å²) in [7, 11) is 0. The van der Waals surface area contributed by atoms with E-state index in [0.29, 0.717) is 16.2 Å². The summed E-state index contributed by atoms with van der Waals surface area (Å²) in [4.78, 5) is 16.5. The lowest BCUT2D eigenvalue weighted by Crippen LogP contribution is -2.52. The fourth-order valence-electron chi connectivity index (χ4n) is 2.63.